The SMILES string of the molecule is C#CCCCC(NC)c1cnccc1C. The Morgan fingerprint density at radius 3 is 3.00 bits per heavy atom. The number of hydrogen-bond acceptors (Lipinski definition) is 2. The number of hydrogen-bond donors (Lipinski definition) is 1. The van der Waals surface area contributed by atoms with E-state index in [2.05, 4.69) is 23.1 Å². The van der Waals surface area contributed by atoms with Crippen molar-refractivity contribution in [2.45, 2.75) is 32.2 Å². The second-order valence-electron chi connectivity index (χ2n) is 3.67. The molecule has 0 saturated carbocycles. The number of aryl methyl sites for hydroxylation is 1. The molecule has 1 unspecified atom stereocenters. The molecular weight excluding hydrogens is 184 g/mol. The number of nitrogens with zero attached hydrogens (tertiary/aromatic N) is 1. The quantitative estimate of drug-likeness (QED) is 0.586. The predicted molar refractivity (Wildman–Crippen MR) is 63.5 cm³/mol. The Morgan fingerprint density at radius 1 is 1.60 bits per heavy atom. The van der Waals surface area contributed by atoms with Crippen molar-refractivity contribution in [1.29, 1.82) is 0 Å². The molecule has 0 aliphatic carbocycles. The lowest BCUT2D eigenvalue weighted by Gasteiger charge is -2.17. The highest BCUT2D eigenvalue weighted by atomic mass is 14.9. The van der Waals surface area contributed by atoms with E-state index in [-0.39, 0.29) is 0 Å². The smallest absolute Gasteiger partial charge is 0.0335 e. The lowest BCUT2D eigenvalue weighted by molar-refractivity contribution is 0.528. The predicted octanol–water partition coefficient (Wildman–Crippen LogP) is 2.45. The summed E-state index contributed by atoms with van der Waals surface area (Å²) in [4.78, 5) is 4.16. The van der Waals surface area contributed by atoms with Crippen molar-refractivity contribution in [3.63, 3.8) is 0 Å². The van der Waals surface area contributed by atoms with E-state index in [1.807, 2.05) is 25.5 Å². The molecule has 1 N–H and O–H groups in total. The van der Waals surface area contributed by atoms with Gasteiger partial charge in [-0.1, -0.05) is 0 Å². The molecule has 1 rings (SSSR count). The highest BCUT2D eigenvalue weighted by Gasteiger charge is 2.10. The number of terminal acetylenes is 1. The normalized spacial score (nSPS) is 12.1. The molecule has 0 bridgehead atoms. The molecule has 0 amide bonds. The van der Waals surface area contributed by atoms with Gasteiger partial charge in [-0.25, -0.2) is 0 Å². The first kappa shape index (κ1) is 11.7. The minimum atomic E-state index is 0.368. The zero-order valence-corrected chi connectivity index (χ0v) is 9.46. The minimum Gasteiger partial charge on any atom is -0.313 e. The molecule has 15 heavy (non-hydrogen) atoms. The molecule has 0 fully saturated rings. The number of rotatable bonds is 5. The molecule has 0 aliphatic rings. The summed E-state index contributed by atoms with van der Waals surface area (Å²) in [5, 5.41) is 3.31. The molecule has 1 atom stereocenters. The van der Waals surface area contributed by atoms with Crippen LogP contribution in [0, 0.1) is 19.3 Å². The van der Waals surface area contributed by atoms with Crippen molar-refractivity contribution in [3.8, 4) is 12.3 Å². The average Bonchev–Trinajstić information content (AvgIpc) is 2.26. The number of nitrogens with one attached hydrogen (secondary N) is 1. The van der Waals surface area contributed by atoms with Gasteiger partial charge >= 0.3 is 0 Å². The van der Waals surface area contributed by atoms with Gasteiger partial charge in [0.25, 0.3) is 0 Å². The largest absolute Gasteiger partial charge is 0.313 e. The first-order chi connectivity index (χ1) is 7.29. The van der Waals surface area contributed by atoms with Crippen LogP contribution in [0.1, 0.15) is 36.4 Å². The monoisotopic (exact) mass is 202 g/mol. The van der Waals surface area contributed by atoms with E-state index < -0.39 is 0 Å². The minimum absolute atomic E-state index is 0.368. The molecule has 0 aromatic carbocycles. The van der Waals surface area contributed by atoms with E-state index in [0.717, 1.165) is 19.3 Å². The Balaban J connectivity index is 2.66. The molecule has 80 valence electrons. The van der Waals surface area contributed by atoms with Crippen LogP contribution in [0.4, 0.5) is 0 Å². The van der Waals surface area contributed by atoms with Crippen molar-refractivity contribution in [2.75, 3.05) is 7.05 Å². The fraction of sp³-hybridized carbons (Fsp3) is 0.462. The summed E-state index contributed by atoms with van der Waals surface area (Å²) in [5.41, 5.74) is 2.56. The van der Waals surface area contributed by atoms with Crippen molar-refractivity contribution >= 4 is 0 Å². The van der Waals surface area contributed by atoms with E-state index in [9.17, 15) is 0 Å². The number of pyridine rings is 1. The highest BCUT2D eigenvalue weighted by molar-refractivity contribution is 5.24. The van der Waals surface area contributed by atoms with E-state index >= 15 is 0 Å². The van der Waals surface area contributed by atoms with Crippen LogP contribution in [0.5, 0.6) is 0 Å². The third kappa shape index (κ3) is 3.38. The van der Waals surface area contributed by atoms with Gasteiger partial charge < -0.3 is 5.32 Å². The fourth-order valence-electron chi connectivity index (χ4n) is 1.70. The van der Waals surface area contributed by atoms with E-state index in [1.165, 1.54) is 11.1 Å². The Kier molecular flexibility index (Phi) is 4.86. The maximum Gasteiger partial charge on any atom is 0.0335 e. The third-order valence-electron chi connectivity index (χ3n) is 2.62. The molecular formula is C13H18N2. The number of aromatic nitrogens is 1. The molecule has 2 nitrogen and oxygen atoms in total. The Hall–Kier alpha value is -1.33. The first-order valence-electron chi connectivity index (χ1n) is 5.30. The van der Waals surface area contributed by atoms with Crippen LogP contribution >= 0.6 is 0 Å². The first-order valence-corrected chi connectivity index (χ1v) is 5.30. The van der Waals surface area contributed by atoms with E-state index in [0.29, 0.717) is 6.04 Å². The van der Waals surface area contributed by atoms with Gasteiger partial charge in [-0.15, -0.1) is 12.3 Å². The van der Waals surface area contributed by atoms with Crippen LogP contribution in [0.25, 0.3) is 0 Å². The summed E-state index contributed by atoms with van der Waals surface area (Å²) < 4.78 is 0. The summed E-state index contributed by atoms with van der Waals surface area (Å²) in [6.45, 7) is 2.11. The van der Waals surface area contributed by atoms with E-state index in [1.54, 1.807) is 0 Å². The summed E-state index contributed by atoms with van der Waals surface area (Å²) >= 11 is 0. The molecule has 1 aromatic rings. The average molecular weight is 202 g/mol. The van der Waals surface area contributed by atoms with Crippen LogP contribution in [0.3, 0.4) is 0 Å². The lowest BCUT2D eigenvalue weighted by Crippen LogP contribution is -2.17. The zero-order chi connectivity index (χ0) is 11.1. The highest BCUT2D eigenvalue weighted by Crippen LogP contribution is 2.20. The lowest BCUT2D eigenvalue weighted by atomic mass is 9.99. The summed E-state index contributed by atoms with van der Waals surface area (Å²) in [5.74, 6) is 2.67. The fourth-order valence-corrected chi connectivity index (χ4v) is 1.70. The van der Waals surface area contributed by atoms with Crippen molar-refractivity contribution in [2.24, 2.45) is 0 Å². The van der Waals surface area contributed by atoms with Gasteiger partial charge in [0.2, 0.25) is 0 Å². The zero-order valence-electron chi connectivity index (χ0n) is 9.46. The Bertz CT molecular complexity index is 339. The van der Waals surface area contributed by atoms with Gasteiger partial charge in [-0.3, -0.25) is 4.98 Å². The number of unbranched alkanes of at least 4 members (excludes halogenated alkanes) is 1. The molecule has 1 heterocycles. The Labute approximate surface area is 92.1 Å². The van der Waals surface area contributed by atoms with Crippen LogP contribution in [-0.4, -0.2) is 12.0 Å². The third-order valence-corrected chi connectivity index (χ3v) is 2.62. The molecule has 0 aliphatic heterocycles. The van der Waals surface area contributed by atoms with Crippen LogP contribution in [0.2, 0.25) is 0 Å². The van der Waals surface area contributed by atoms with Gasteiger partial charge in [0.05, 0.1) is 0 Å². The van der Waals surface area contributed by atoms with Crippen LogP contribution < -0.4 is 5.32 Å². The van der Waals surface area contributed by atoms with Gasteiger partial charge in [0, 0.05) is 24.9 Å². The summed E-state index contributed by atoms with van der Waals surface area (Å²) in [6, 6.07) is 2.41. The molecule has 0 radical (unpaired) electrons. The van der Waals surface area contributed by atoms with E-state index in [4.69, 9.17) is 6.42 Å². The topological polar surface area (TPSA) is 24.9 Å². The van der Waals surface area contributed by atoms with Crippen LogP contribution in [0.15, 0.2) is 18.5 Å². The summed E-state index contributed by atoms with van der Waals surface area (Å²) in [7, 11) is 1.98. The molecule has 0 saturated heterocycles. The molecule has 1 aromatic heterocycles. The summed E-state index contributed by atoms with van der Waals surface area (Å²) in [6.07, 6.45) is 12.0. The maximum absolute atomic E-state index is 5.24. The van der Waals surface area contributed by atoms with Crippen molar-refractivity contribution in [1.82, 2.24) is 10.3 Å². The maximum atomic E-state index is 5.24. The van der Waals surface area contributed by atoms with Gasteiger partial charge in [-0.05, 0) is 44.0 Å². The molecule has 2 heteroatoms. The molecule has 0 spiro atoms. The van der Waals surface area contributed by atoms with Crippen molar-refractivity contribution in [3.05, 3.63) is 29.6 Å². The second kappa shape index (κ2) is 6.21. The Morgan fingerprint density at radius 2 is 2.40 bits per heavy atom. The van der Waals surface area contributed by atoms with Crippen LogP contribution in [-0.2, 0) is 0 Å². The van der Waals surface area contributed by atoms with Crippen molar-refractivity contribution < 1.29 is 0 Å². The van der Waals surface area contributed by atoms with Gasteiger partial charge in [0.1, 0.15) is 0 Å². The van der Waals surface area contributed by atoms with Gasteiger partial charge in [0.15, 0.2) is 0 Å². The second-order valence-corrected chi connectivity index (χ2v) is 3.67. The standard InChI is InChI=1S/C13H18N2/c1-4-5-6-7-13(14-3)12-10-15-9-8-11(12)2/h1,8-10,13-14H,5-7H2,2-3H3. The van der Waals surface area contributed by atoms with Gasteiger partial charge in [-0.2, -0.15) is 0 Å².